The first-order valence-electron chi connectivity index (χ1n) is 6.19. The highest BCUT2D eigenvalue weighted by molar-refractivity contribution is 5.88. The van der Waals surface area contributed by atoms with E-state index in [-0.39, 0.29) is 0 Å². The number of rotatable bonds is 5. The van der Waals surface area contributed by atoms with Crippen LogP contribution < -0.4 is 15.8 Å². The Balaban J connectivity index is 2.32. The third-order valence-electron chi connectivity index (χ3n) is 3.22. The van der Waals surface area contributed by atoms with Crippen molar-refractivity contribution in [1.82, 2.24) is 4.98 Å². The summed E-state index contributed by atoms with van der Waals surface area (Å²) < 4.78 is 5.10. The van der Waals surface area contributed by atoms with Crippen LogP contribution in [-0.2, 0) is 10.3 Å². The largest absolute Gasteiger partial charge is 0.497 e. The topological polar surface area (TPSA) is 77.2 Å². The highest BCUT2D eigenvalue weighted by Gasteiger charge is 2.33. The molecule has 1 amide bonds. The summed E-state index contributed by atoms with van der Waals surface area (Å²) in [5, 5.41) is 3.15. The summed E-state index contributed by atoms with van der Waals surface area (Å²) in [7, 11) is 1.60. The molecule has 20 heavy (non-hydrogen) atoms. The lowest BCUT2D eigenvalue weighted by molar-refractivity contribution is -0.122. The average molecular weight is 271 g/mol. The van der Waals surface area contributed by atoms with Gasteiger partial charge in [-0.15, -0.1) is 0 Å². The summed E-state index contributed by atoms with van der Waals surface area (Å²) in [6, 6.07) is 10.9. The van der Waals surface area contributed by atoms with E-state index in [2.05, 4.69) is 10.3 Å². The summed E-state index contributed by atoms with van der Waals surface area (Å²) in [6.07, 6.45) is 3.28. The zero-order valence-electron chi connectivity index (χ0n) is 11.5. The van der Waals surface area contributed by atoms with Crippen LogP contribution in [0.4, 0.5) is 5.69 Å². The Morgan fingerprint density at radius 2 is 2.00 bits per heavy atom. The van der Waals surface area contributed by atoms with E-state index in [0.717, 1.165) is 11.4 Å². The van der Waals surface area contributed by atoms with E-state index in [0.29, 0.717) is 5.56 Å². The summed E-state index contributed by atoms with van der Waals surface area (Å²) in [4.78, 5) is 15.9. The normalized spacial score (nSPS) is 13.3. The van der Waals surface area contributed by atoms with Crippen molar-refractivity contribution < 1.29 is 9.53 Å². The molecule has 0 saturated carbocycles. The van der Waals surface area contributed by atoms with Crippen LogP contribution in [0.3, 0.4) is 0 Å². The second-order valence-corrected chi connectivity index (χ2v) is 4.58. The Kier molecular flexibility index (Phi) is 3.89. The molecule has 0 aliphatic rings. The van der Waals surface area contributed by atoms with E-state index in [4.69, 9.17) is 10.5 Å². The number of nitrogens with one attached hydrogen (secondary N) is 1. The molecule has 1 aromatic carbocycles. The molecular formula is C15H17N3O2. The number of nitrogens with two attached hydrogens (primary N) is 1. The fourth-order valence-electron chi connectivity index (χ4n) is 1.90. The molecule has 5 heteroatoms. The van der Waals surface area contributed by atoms with Gasteiger partial charge in [0.05, 0.1) is 7.11 Å². The lowest BCUT2D eigenvalue weighted by atomic mass is 9.92. The van der Waals surface area contributed by atoms with Crippen molar-refractivity contribution in [3.63, 3.8) is 0 Å². The van der Waals surface area contributed by atoms with Gasteiger partial charge in [-0.25, -0.2) is 0 Å². The number of primary amides is 1. The van der Waals surface area contributed by atoms with Gasteiger partial charge in [-0.2, -0.15) is 0 Å². The number of aromatic nitrogens is 1. The molecule has 5 nitrogen and oxygen atoms in total. The van der Waals surface area contributed by atoms with E-state index < -0.39 is 11.4 Å². The Bertz CT molecular complexity index is 584. The van der Waals surface area contributed by atoms with Crippen LogP contribution in [0.25, 0.3) is 0 Å². The number of methoxy groups -OCH3 is 1. The van der Waals surface area contributed by atoms with Crippen molar-refractivity contribution in [2.45, 2.75) is 12.5 Å². The monoisotopic (exact) mass is 271 g/mol. The van der Waals surface area contributed by atoms with Gasteiger partial charge in [0.25, 0.3) is 0 Å². The number of anilines is 1. The van der Waals surface area contributed by atoms with Crippen molar-refractivity contribution in [3.05, 3.63) is 54.4 Å². The van der Waals surface area contributed by atoms with Crippen LogP contribution in [0.2, 0.25) is 0 Å². The number of hydrogen-bond donors (Lipinski definition) is 2. The summed E-state index contributed by atoms with van der Waals surface area (Å²) in [5.41, 5.74) is 6.01. The van der Waals surface area contributed by atoms with Gasteiger partial charge in [0, 0.05) is 23.6 Å². The fourth-order valence-corrected chi connectivity index (χ4v) is 1.90. The minimum atomic E-state index is -1.02. The van der Waals surface area contributed by atoms with Crippen LogP contribution in [0.15, 0.2) is 48.8 Å². The number of nitrogens with zero attached hydrogens (tertiary/aromatic N) is 1. The fraction of sp³-hybridized carbons (Fsp3) is 0.200. The Labute approximate surface area is 117 Å². The molecule has 3 N–H and O–H groups in total. The predicted octanol–water partition coefficient (Wildman–Crippen LogP) is 1.90. The molecule has 0 bridgehead atoms. The molecule has 0 spiro atoms. The molecule has 2 rings (SSSR count). The van der Waals surface area contributed by atoms with Crippen molar-refractivity contribution in [3.8, 4) is 5.75 Å². The third-order valence-corrected chi connectivity index (χ3v) is 3.22. The molecule has 2 aromatic rings. The van der Waals surface area contributed by atoms with Crippen molar-refractivity contribution in [2.75, 3.05) is 12.4 Å². The number of benzene rings is 1. The maximum atomic E-state index is 11.9. The van der Waals surface area contributed by atoms with Crippen molar-refractivity contribution >= 4 is 11.6 Å². The first-order chi connectivity index (χ1) is 9.56. The van der Waals surface area contributed by atoms with Gasteiger partial charge in [-0.3, -0.25) is 9.78 Å². The maximum absolute atomic E-state index is 11.9. The van der Waals surface area contributed by atoms with E-state index in [1.165, 1.54) is 0 Å². The van der Waals surface area contributed by atoms with Crippen LogP contribution in [0.5, 0.6) is 5.75 Å². The quantitative estimate of drug-likeness (QED) is 0.870. The molecular weight excluding hydrogens is 254 g/mol. The second-order valence-electron chi connectivity index (χ2n) is 4.58. The van der Waals surface area contributed by atoms with Gasteiger partial charge in [0.2, 0.25) is 5.91 Å². The first-order valence-corrected chi connectivity index (χ1v) is 6.19. The minimum absolute atomic E-state index is 0.471. The predicted molar refractivity (Wildman–Crippen MR) is 77.4 cm³/mol. The number of ether oxygens (including phenoxy) is 1. The molecule has 1 atom stereocenters. The van der Waals surface area contributed by atoms with Crippen LogP contribution >= 0.6 is 0 Å². The molecule has 1 heterocycles. The Morgan fingerprint density at radius 3 is 2.50 bits per heavy atom. The maximum Gasteiger partial charge on any atom is 0.247 e. The minimum Gasteiger partial charge on any atom is -0.497 e. The molecule has 0 aliphatic heterocycles. The standard InChI is InChI=1S/C15H17N3O2/c1-15(14(16)19,11-4-3-9-17-10-11)18-12-5-7-13(20-2)8-6-12/h3-10,18H,1-2H3,(H2,16,19). The van der Waals surface area contributed by atoms with E-state index >= 15 is 0 Å². The van der Waals surface area contributed by atoms with Crippen LogP contribution in [0, 0.1) is 0 Å². The molecule has 0 aliphatic carbocycles. The van der Waals surface area contributed by atoms with E-state index in [1.54, 1.807) is 32.5 Å². The molecule has 1 unspecified atom stereocenters. The van der Waals surface area contributed by atoms with Gasteiger partial charge in [0.1, 0.15) is 11.3 Å². The van der Waals surface area contributed by atoms with Gasteiger partial charge in [-0.1, -0.05) is 6.07 Å². The zero-order valence-corrected chi connectivity index (χ0v) is 11.5. The lowest BCUT2D eigenvalue weighted by Crippen LogP contribution is -2.45. The number of pyridine rings is 1. The molecule has 0 radical (unpaired) electrons. The number of carbonyl (C=O) groups is 1. The molecule has 104 valence electrons. The first kappa shape index (κ1) is 13.9. The van der Waals surface area contributed by atoms with Crippen molar-refractivity contribution in [1.29, 1.82) is 0 Å². The van der Waals surface area contributed by atoms with Gasteiger partial charge >= 0.3 is 0 Å². The third kappa shape index (κ3) is 2.71. The summed E-state index contributed by atoms with van der Waals surface area (Å²) >= 11 is 0. The highest BCUT2D eigenvalue weighted by Crippen LogP contribution is 2.26. The number of hydrogen-bond acceptors (Lipinski definition) is 4. The number of amides is 1. The zero-order chi connectivity index (χ0) is 14.6. The van der Waals surface area contributed by atoms with Gasteiger partial charge in [-0.05, 0) is 37.3 Å². The SMILES string of the molecule is COc1ccc(NC(C)(C(N)=O)c2cccnc2)cc1. The summed E-state index contributed by atoms with van der Waals surface area (Å²) in [5.74, 6) is 0.277. The van der Waals surface area contributed by atoms with E-state index in [9.17, 15) is 4.79 Å². The summed E-state index contributed by atoms with van der Waals surface area (Å²) in [6.45, 7) is 1.73. The average Bonchev–Trinajstić information content (AvgIpc) is 2.48. The van der Waals surface area contributed by atoms with Gasteiger partial charge < -0.3 is 15.8 Å². The van der Waals surface area contributed by atoms with E-state index in [1.807, 2.05) is 30.3 Å². The Hall–Kier alpha value is -2.56. The van der Waals surface area contributed by atoms with Crippen molar-refractivity contribution in [2.24, 2.45) is 5.73 Å². The van der Waals surface area contributed by atoms with Gasteiger partial charge in [0.15, 0.2) is 0 Å². The molecule has 0 fully saturated rings. The Morgan fingerprint density at radius 1 is 1.30 bits per heavy atom. The second kappa shape index (κ2) is 5.61. The molecule has 0 saturated heterocycles. The number of carbonyl (C=O) groups excluding carboxylic acids is 1. The smallest absolute Gasteiger partial charge is 0.247 e. The van der Waals surface area contributed by atoms with Crippen LogP contribution in [-0.4, -0.2) is 18.0 Å². The lowest BCUT2D eigenvalue weighted by Gasteiger charge is -2.28. The highest BCUT2D eigenvalue weighted by atomic mass is 16.5. The molecule has 1 aromatic heterocycles. The van der Waals surface area contributed by atoms with Crippen LogP contribution in [0.1, 0.15) is 12.5 Å².